The Hall–Kier alpha value is -3.44. The van der Waals surface area contributed by atoms with Crippen LogP contribution in [0.3, 0.4) is 0 Å². The van der Waals surface area contributed by atoms with Gasteiger partial charge in [0, 0.05) is 19.3 Å². The average Bonchev–Trinajstić information content (AvgIpc) is 2.65. The Morgan fingerprint density at radius 2 is 1.19 bits per heavy atom. The second kappa shape index (κ2) is 14.9. The topological polar surface area (TPSA) is 116 Å². The van der Waals surface area contributed by atoms with Gasteiger partial charge in [0.2, 0.25) is 23.6 Å². The lowest BCUT2D eigenvalue weighted by atomic mass is 10.1. The Morgan fingerprint density at radius 3 is 1.74 bits per heavy atom. The van der Waals surface area contributed by atoms with E-state index in [1.807, 2.05) is 0 Å². The first-order valence-corrected chi connectivity index (χ1v) is 8.35. The number of carbonyl (C=O) groups excluding carboxylic acids is 4. The molecular formula is C19H24N4O4. The Kier molecular flexibility index (Phi) is 13.0. The first kappa shape index (κ1) is 23.6. The van der Waals surface area contributed by atoms with E-state index in [2.05, 4.69) is 39.0 Å². The molecule has 0 aliphatic carbocycles. The highest BCUT2D eigenvalue weighted by molar-refractivity contribution is 5.88. The van der Waals surface area contributed by atoms with E-state index < -0.39 is 17.9 Å². The molecule has 0 spiro atoms. The van der Waals surface area contributed by atoms with Gasteiger partial charge in [-0.25, -0.2) is 0 Å². The van der Waals surface area contributed by atoms with Crippen LogP contribution in [0.5, 0.6) is 0 Å². The number of terminal acetylenes is 3. The highest BCUT2D eigenvalue weighted by Crippen LogP contribution is 2.01. The fourth-order valence-corrected chi connectivity index (χ4v) is 1.96. The normalized spacial score (nSPS) is 10.3. The van der Waals surface area contributed by atoms with Gasteiger partial charge in [-0.3, -0.25) is 19.2 Å². The molecule has 0 bridgehead atoms. The highest BCUT2D eigenvalue weighted by Gasteiger charge is 2.21. The fourth-order valence-electron chi connectivity index (χ4n) is 1.96. The van der Waals surface area contributed by atoms with Gasteiger partial charge in [-0.15, -0.1) is 19.3 Å². The van der Waals surface area contributed by atoms with E-state index >= 15 is 0 Å². The summed E-state index contributed by atoms with van der Waals surface area (Å²) in [5, 5.41) is 9.98. The predicted molar refractivity (Wildman–Crippen MR) is 101 cm³/mol. The number of carbonyl (C=O) groups is 4. The third-order valence-corrected chi connectivity index (χ3v) is 3.26. The van der Waals surface area contributed by atoms with E-state index in [1.165, 1.54) is 0 Å². The molecule has 1 atom stereocenters. The van der Waals surface area contributed by atoms with Gasteiger partial charge in [-0.1, -0.05) is 17.8 Å². The van der Waals surface area contributed by atoms with Crippen LogP contribution >= 0.6 is 0 Å². The number of nitrogens with one attached hydrogen (secondary N) is 4. The minimum Gasteiger partial charge on any atom is -0.345 e. The summed E-state index contributed by atoms with van der Waals surface area (Å²) in [6, 6.07) is -0.919. The van der Waals surface area contributed by atoms with Crippen molar-refractivity contribution in [3.63, 3.8) is 0 Å². The van der Waals surface area contributed by atoms with Crippen molar-refractivity contribution in [2.45, 2.75) is 38.1 Å². The maximum absolute atomic E-state index is 12.1. The summed E-state index contributed by atoms with van der Waals surface area (Å²) in [4.78, 5) is 47.2. The number of hydrogen-bond acceptors (Lipinski definition) is 4. The van der Waals surface area contributed by atoms with Crippen molar-refractivity contribution in [1.29, 1.82) is 0 Å². The van der Waals surface area contributed by atoms with Gasteiger partial charge in [-0.2, -0.15) is 0 Å². The van der Waals surface area contributed by atoms with Crippen LogP contribution in [0, 0.1) is 37.0 Å². The zero-order chi connectivity index (χ0) is 20.5. The Bertz CT molecular complexity index is 652. The van der Waals surface area contributed by atoms with Crippen LogP contribution in [0.4, 0.5) is 0 Å². The summed E-state index contributed by atoms with van der Waals surface area (Å²) in [7, 11) is 0. The molecule has 0 saturated carbocycles. The van der Waals surface area contributed by atoms with Crippen LogP contribution in [0.2, 0.25) is 0 Å². The zero-order valence-corrected chi connectivity index (χ0v) is 15.1. The van der Waals surface area contributed by atoms with Crippen molar-refractivity contribution in [1.82, 2.24) is 21.3 Å². The summed E-state index contributed by atoms with van der Waals surface area (Å²) < 4.78 is 0. The van der Waals surface area contributed by atoms with Crippen LogP contribution in [-0.2, 0) is 19.2 Å². The second-order valence-electron chi connectivity index (χ2n) is 5.40. The summed E-state index contributed by atoms with van der Waals surface area (Å²) >= 11 is 0. The third kappa shape index (κ3) is 12.6. The fraction of sp³-hybridized carbons (Fsp3) is 0.474. The van der Waals surface area contributed by atoms with Crippen LogP contribution < -0.4 is 21.3 Å². The molecule has 1 unspecified atom stereocenters. The second-order valence-corrected chi connectivity index (χ2v) is 5.40. The molecule has 8 heteroatoms. The standard InChI is InChI=1S/C19H24N4O4/c1-4-12-20-16(24)8-7-9-18(26)23-15(19(27)22-14-6-3)10-11-17(25)21-13-5-2/h1-3,15H,7-14H2,(H,20,24)(H,21,25)(H,22,27)(H,23,26). The lowest BCUT2D eigenvalue weighted by Crippen LogP contribution is -2.47. The zero-order valence-electron chi connectivity index (χ0n) is 15.1. The maximum atomic E-state index is 12.1. The minimum absolute atomic E-state index is 0.00381. The molecule has 27 heavy (non-hydrogen) atoms. The molecule has 0 heterocycles. The number of rotatable bonds is 12. The van der Waals surface area contributed by atoms with Gasteiger partial charge >= 0.3 is 0 Å². The van der Waals surface area contributed by atoms with Crippen molar-refractivity contribution in [3.8, 4) is 37.0 Å². The lowest BCUT2D eigenvalue weighted by molar-refractivity contribution is -0.130. The smallest absolute Gasteiger partial charge is 0.243 e. The minimum atomic E-state index is -0.919. The summed E-state index contributed by atoms with van der Waals surface area (Å²) in [5.41, 5.74) is 0. The van der Waals surface area contributed by atoms with Crippen molar-refractivity contribution >= 4 is 23.6 Å². The van der Waals surface area contributed by atoms with Crippen molar-refractivity contribution in [2.75, 3.05) is 19.6 Å². The van der Waals surface area contributed by atoms with E-state index in [9.17, 15) is 19.2 Å². The van der Waals surface area contributed by atoms with Crippen molar-refractivity contribution in [2.24, 2.45) is 0 Å². The molecule has 0 aromatic heterocycles. The van der Waals surface area contributed by atoms with E-state index in [0.29, 0.717) is 6.42 Å². The average molecular weight is 372 g/mol. The molecule has 4 N–H and O–H groups in total. The van der Waals surface area contributed by atoms with Crippen LogP contribution in [0.1, 0.15) is 32.1 Å². The molecule has 0 aromatic carbocycles. The van der Waals surface area contributed by atoms with Crippen LogP contribution in [0.15, 0.2) is 0 Å². The summed E-state index contributed by atoms with van der Waals surface area (Å²) in [6.45, 7) is 0.217. The molecule has 0 aliphatic rings. The largest absolute Gasteiger partial charge is 0.345 e. The van der Waals surface area contributed by atoms with E-state index in [4.69, 9.17) is 19.3 Å². The molecule has 4 amide bonds. The van der Waals surface area contributed by atoms with Gasteiger partial charge in [0.15, 0.2) is 0 Å². The van der Waals surface area contributed by atoms with Gasteiger partial charge in [-0.05, 0) is 12.8 Å². The quantitative estimate of drug-likeness (QED) is 0.318. The molecule has 8 nitrogen and oxygen atoms in total. The summed E-state index contributed by atoms with van der Waals surface area (Å²) in [5.74, 6) is 5.31. The van der Waals surface area contributed by atoms with Crippen LogP contribution in [-0.4, -0.2) is 49.3 Å². The van der Waals surface area contributed by atoms with Crippen molar-refractivity contribution < 1.29 is 19.2 Å². The van der Waals surface area contributed by atoms with Gasteiger partial charge in [0.25, 0.3) is 0 Å². The number of amides is 4. The van der Waals surface area contributed by atoms with E-state index in [0.717, 1.165) is 0 Å². The maximum Gasteiger partial charge on any atom is 0.243 e. The SMILES string of the molecule is C#CCNC(=O)CCCC(=O)NC(CCC(=O)NCC#C)C(=O)NCC#C. The van der Waals surface area contributed by atoms with Crippen molar-refractivity contribution in [3.05, 3.63) is 0 Å². The first-order valence-electron chi connectivity index (χ1n) is 8.35. The molecule has 144 valence electrons. The summed E-state index contributed by atoms with van der Waals surface area (Å²) in [6.07, 6.45) is 15.8. The Morgan fingerprint density at radius 1 is 0.704 bits per heavy atom. The van der Waals surface area contributed by atoms with E-state index in [-0.39, 0.29) is 57.1 Å². The van der Waals surface area contributed by atoms with Gasteiger partial charge in [0.05, 0.1) is 19.6 Å². The highest BCUT2D eigenvalue weighted by atomic mass is 16.2. The molecule has 0 radical (unpaired) electrons. The Balaban J connectivity index is 4.49. The molecule has 0 fully saturated rings. The van der Waals surface area contributed by atoms with E-state index in [1.54, 1.807) is 0 Å². The molecular weight excluding hydrogens is 348 g/mol. The van der Waals surface area contributed by atoms with Gasteiger partial charge < -0.3 is 21.3 Å². The number of hydrogen-bond donors (Lipinski definition) is 4. The predicted octanol–water partition coefficient (Wildman–Crippen LogP) is -1.33. The molecule has 0 aromatic rings. The molecule has 0 aliphatic heterocycles. The Labute approximate surface area is 159 Å². The monoisotopic (exact) mass is 372 g/mol. The molecule has 0 saturated heterocycles. The lowest BCUT2D eigenvalue weighted by Gasteiger charge is -2.17. The van der Waals surface area contributed by atoms with Crippen LogP contribution in [0.25, 0.3) is 0 Å². The first-order chi connectivity index (χ1) is 12.9. The van der Waals surface area contributed by atoms with Gasteiger partial charge in [0.1, 0.15) is 6.04 Å². The molecule has 0 rings (SSSR count). The third-order valence-electron chi connectivity index (χ3n) is 3.26.